The maximum Gasteiger partial charge on any atom is 0.159 e. The van der Waals surface area contributed by atoms with Crippen LogP contribution in [-0.2, 0) is 0 Å². The van der Waals surface area contributed by atoms with E-state index in [0.29, 0.717) is 0 Å². The van der Waals surface area contributed by atoms with E-state index in [4.69, 9.17) is 0 Å². The third-order valence-corrected chi connectivity index (χ3v) is 3.29. The van der Waals surface area contributed by atoms with E-state index < -0.39 is 18.3 Å². The van der Waals surface area contributed by atoms with E-state index in [1.807, 2.05) is 0 Å². The predicted molar refractivity (Wildman–Crippen MR) is 54.7 cm³/mol. The number of rotatable bonds is 2. The molecule has 2 atom stereocenters. The molecule has 0 amide bonds. The van der Waals surface area contributed by atoms with Gasteiger partial charge in [-0.05, 0) is 19.8 Å². The van der Waals surface area contributed by atoms with Gasteiger partial charge < -0.3 is 0 Å². The lowest BCUT2D eigenvalue weighted by Crippen LogP contribution is -2.55. The summed E-state index contributed by atoms with van der Waals surface area (Å²) in [5, 5.41) is 0. The van der Waals surface area contributed by atoms with Crippen molar-refractivity contribution in [3.05, 3.63) is 0 Å². The third-order valence-electron chi connectivity index (χ3n) is 3.29. The maximum absolute atomic E-state index is 14.1. The van der Waals surface area contributed by atoms with Crippen molar-refractivity contribution in [3.8, 4) is 0 Å². The molecule has 2 unspecified atom stereocenters. The summed E-state index contributed by atoms with van der Waals surface area (Å²) in [5.41, 5.74) is -1.70. The number of piperidine rings is 1. The van der Waals surface area contributed by atoms with Crippen molar-refractivity contribution in [2.75, 3.05) is 0 Å². The summed E-state index contributed by atoms with van der Waals surface area (Å²) in [4.78, 5) is 1.11. The fourth-order valence-corrected chi connectivity index (χ4v) is 2.15. The van der Waals surface area contributed by atoms with Crippen LogP contribution in [0, 0.1) is 5.92 Å². The quantitative estimate of drug-likeness (QED) is 0.648. The second-order valence-corrected chi connectivity index (χ2v) is 5.01. The SMILES string of the molecule is CC(C)N1C(F)CC(F)(C(C)C)CC1F. The molecule has 4 heteroatoms. The number of hydrogen-bond donors (Lipinski definition) is 0. The highest BCUT2D eigenvalue weighted by molar-refractivity contribution is 4.93. The van der Waals surface area contributed by atoms with Gasteiger partial charge in [0.25, 0.3) is 0 Å². The first-order valence-electron chi connectivity index (χ1n) is 5.52. The monoisotopic (exact) mass is 223 g/mol. The zero-order chi connectivity index (χ0) is 11.8. The highest BCUT2D eigenvalue weighted by Gasteiger charge is 2.48. The highest BCUT2D eigenvalue weighted by Crippen LogP contribution is 2.41. The van der Waals surface area contributed by atoms with Gasteiger partial charge in [0.2, 0.25) is 0 Å². The summed E-state index contributed by atoms with van der Waals surface area (Å²) in [6.07, 6.45) is -3.46. The predicted octanol–water partition coefficient (Wildman–Crippen LogP) is 3.45. The Morgan fingerprint density at radius 1 is 1.07 bits per heavy atom. The van der Waals surface area contributed by atoms with E-state index in [-0.39, 0.29) is 24.8 Å². The van der Waals surface area contributed by atoms with Crippen LogP contribution in [0.15, 0.2) is 0 Å². The lowest BCUT2D eigenvalue weighted by Gasteiger charge is -2.44. The van der Waals surface area contributed by atoms with Crippen LogP contribution in [0.1, 0.15) is 40.5 Å². The topological polar surface area (TPSA) is 3.24 Å². The molecule has 1 heterocycles. The molecule has 1 fully saturated rings. The Hall–Kier alpha value is -0.250. The molecule has 0 spiro atoms. The fourth-order valence-electron chi connectivity index (χ4n) is 2.15. The van der Waals surface area contributed by atoms with Crippen molar-refractivity contribution in [1.29, 1.82) is 0 Å². The van der Waals surface area contributed by atoms with Crippen molar-refractivity contribution in [1.82, 2.24) is 4.90 Å². The summed E-state index contributed by atoms with van der Waals surface area (Å²) < 4.78 is 41.4. The van der Waals surface area contributed by atoms with E-state index in [0.717, 1.165) is 4.90 Å². The molecule has 0 bridgehead atoms. The Labute approximate surface area is 89.6 Å². The summed E-state index contributed by atoms with van der Waals surface area (Å²) in [6.45, 7) is 6.79. The second-order valence-electron chi connectivity index (χ2n) is 5.01. The second kappa shape index (κ2) is 4.32. The number of halogens is 3. The fraction of sp³-hybridized carbons (Fsp3) is 1.00. The van der Waals surface area contributed by atoms with Gasteiger partial charge in [-0.2, -0.15) is 0 Å². The number of likely N-dealkylation sites (tertiary alicyclic amines) is 1. The van der Waals surface area contributed by atoms with Gasteiger partial charge in [-0.1, -0.05) is 13.8 Å². The van der Waals surface area contributed by atoms with Crippen molar-refractivity contribution in [2.24, 2.45) is 5.92 Å². The molecule has 1 saturated heterocycles. The first kappa shape index (κ1) is 12.8. The Kier molecular flexibility index (Phi) is 3.69. The van der Waals surface area contributed by atoms with Crippen molar-refractivity contribution in [2.45, 2.75) is 64.8 Å². The lowest BCUT2D eigenvalue weighted by molar-refractivity contribution is -0.141. The molecule has 1 rings (SSSR count). The first-order chi connectivity index (χ1) is 6.78. The minimum Gasteiger partial charge on any atom is -0.243 e. The van der Waals surface area contributed by atoms with Crippen LogP contribution in [0.2, 0.25) is 0 Å². The average molecular weight is 223 g/mol. The van der Waals surface area contributed by atoms with Gasteiger partial charge in [0.1, 0.15) is 5.67 Å². The van der Waals surface area contributed by atoms with Crippen LogP contribution in [0.5, 0.6) is 0 Å². The summed E-state index contributed by atoms with van der Waals surface area (Å²) >= 11 is 0. The molecular weight excluding hydrogens is 203 g/mol. The van der Waals surface area contributed by atoms with Crippen molar-refractivity contribution >= 4 is 0 Å². The standard InChI is InChI=1S/C11H20F3N/c1-7(2)11(14)5-9(12)15(8(3)4)10(13)6-11/h7-10H,5-6H2,1-4H3. The Bertz CT molecular complexity index is 206. The van der Waals surface area contributed by atoms with E-state index >= 15 is 0 Å². The molecule has 90 valence electrons. The molecule has 0 aromatic heterocycles. The van der Waals surface area contributed by atoms with Crippen LogP contribution >= 0.6 is 0 Å². The first-order valence-corrected chi connectivity index (χ1v) is 5.52. The van der Waals surface area contributed by atoms with Gasteiger partial charge in [0.05, 0.1) is 0 Å². The molecule has 0 aliphatic carbocycles. The summed E-state index contributed by atoms with van der Waals surface area (Å²) in [6, 6.07) is -0.230. The Morgan fingerprint density at radius 3 is 1.73 bits per heavy atom. The highest BCUT2D eigenvalue weighted by atomic mass is 19.2. The third kappa shape index (κ3) is 2.47. The molecule has 0 saturated carbocycles. The summed E-state index contributed by atoms with van der Waals surface area (Å²) in [5.74, 6) is -0.344. The van der Waals surface area contributed by atoms with E-state index in [1.54, 1.807) is 27.7 Å². The normalized spacial score (nSPS) is 39.0. The Morgan fingerprint density at radius 2 is 1.47 bits per heavy atom. The van der Waals surface area contributed by atoms with Gasteiger partial charge >= 0.3 is 0 Å². The van der Waals surface area contributed by atoms with E-state index in [1.165, 1.54) is 0 Å². The van der Waals surface area contributed by atoms with Gasteiger partial charge in [-0.3, -0.25) is 0 Å². The van der Waals surface area contributed by atoms with Crippen molar-refractivity contribution < 1.29 is 13.2 Å². The number of nitrogens with zero attached hydrogens (tertiary/aromatic N) is 1. The van der Waals surface area contributed by atoms with Gasteiger partial charge in [-0.25, -0.2) is 18.1 Å². The smallest absolute Gasteiger partial charge is 0.159 e. The van der Waals surface area contributed by atoms with Gasteiger partial charge in [-0.15, -0.1) is 0 Å². The average Bonchev–Trinajstić information content (AvgIpc) is 2.00. The Balaban J connectivity index is 2.79. The molecular formula is C11H20F3N. The lowest BCUT2D eigenvalue weighted by atomic mass is 9.82. The van der Waals surface area contributed by atoms with Gasteiger partial charge in [0.15, 0.2) is 12.6 Å². The molecule has 0 N–H and O–H groups in total. The molecule has 0 aromatic carbocycles. The molecule has 1 aliphatic heterocycles. The summed E-state index contributed by atoms with van der Waals surface area (Å²) in [7, 11) is 0. The van der Waals surface area contributed by atoms with Crippen LogP contribution in [0.3, 0.4) is 0 Å². The minimum absolute atomic E-state index is 0.219. The molecule has 0 aromatic rings. The molecule has 15 heavy (non-hydrogen) atoms. The number of alkyl halides is 3. The van der Waals surface area contributed by atoms with Crippen LogP contribution in [0.25, 0.3) is 0 Å². The molecule has 1 aliphatic rings. The van der Waals surface area contributed by atoms with Crippen LogP contribution < -0.4 is 0 Å². The number of hydrogen-bond acceptors (Lipinski definition) is 1. The van der Waals surface area contributed by atoms with E-state index in [2.05, 4.69) is 0 Å². The van der Waals surface area contributed by atoms with Gasteiger partial charge in [0, 0.05) is 18.9 Å². The molecule has 1 nitrogen and oxygen atoms in total. The molecule has 0 radical (unpaired) electrons. The van der Waals surface area contributed by atoms with E-state index in [9.17, 15) is 13.2 Å². The van der Waals surface area contributed by atoms with Crippen LogP contribution in [0.4, 0.5) is 13.2 Å². The maximum atomic E-state index is 14.1. The zero-order valence-electron chi connectivity index (χ0n) is 9.80. The van der Waals surface area contributed by atoms with Crippen molar-refractivity contribution in [3.63, 3.8) is 0 Å². The minimum atomic E-state index is -1.70. The largest absolute Gasteiger partial charge is 0.243 e. The van der Waals surface area contributed by atoms with Crippen LogP contribution in [-0.4, -0.2) is 29.2 Å². The zero-order valence-corrected chi connectivity index (χ0v) is 9.80.